The SMILES string of the molecule is COCCOc1ccccc1C1(O)CCN(C)CC1. The first kappa shape index (κ1) is 14.3. The maximum absolute atomic E-state index is 10.9. The fourth-order valence-corrected chi connectivity index (χ4v) is 2.47. The summed E-state index contributed by atoms with van der Waals surface area (Å²) in [7, 11) is 3.74. The Balaban J connectivity index is 2.14. The summed E-state index contributed by atoms with van der Waals surface area (Å²) in [6.07, 6.45) is 1.49. The van der Waals surface area contributed by atoms with Crippen LogP contribution in [0.2, 0.25) is 0 Å². The van der Waals surface area contributed by atoms with E-state index in [1.165, 1.54) is 0 Å². The van der Waals surface area contributed by atoms with Gasteiger partial charge in [0, 0.05) is 25.8 Å². The molecule has 1 N–H and O–H groups in total. The van der Waals surface area contributed by atoms with E-state index in [9.17, 15) is 5.11 Å². The zero-order valence-corrected chi connectivity index (χ0v) is 11.8. The molecule has 0 aliphatic carbocycles. The molecule has 4 heteroatoms. The zero-order valence-electron chi connectivity index (χ0n) is 11.8. The Morgan fingerprint density at radius 1 is 1.21 bits per heavy atom. The molecule has 0 atom stereocenters. The number of piperidine rings is 1. The zero-order chi connectivity index (χ0) is 13.7. The number of para-hydroxylation sites is 1. The molecule has 0 bridgehead atoms. The summed E-state index contributed by atoms with van der Waals surface area (Å²) in [5, 5.41) is 10.9. The van der Waals surface area contributed by atoms with E-state index in [1.54, 1.807) is 7.11 Å². The topological polar surface area (TPSA) is 41.9 Å². The smallest absolute Gasteiger partial charge is 0.125 e. The summed E-state index contributed by atoms with van der Waals surface area (Å²) in [4.78, 5) is 2.24. The highest BCUT2D eigenvalue weighted by atomic mass is 16.5. The Kier molecular flexibility index (Phi) is 4.80. The molecule has 0 spiro atoms. The van der Waals surface area contributed by atoms with Gasteiger partial charge in [0.15, 0.2) is 0 Å². The van der Waals surface area contributed by atoms with Crippen LogP contribution in [0, 0.1) is 0 Å². The molecular weight excluding hydrogens is 242 g/mol. The Morgan fingerprint density at radius 3 is 2.58 bits per heavy atom. The van der Waals surface area contributed by atoms with Crippen LogP contribution in [-0.2, 0) is 10.3 Å². The molecule has 1 fully saturated rings. The molecule has 1 heterocycles. The van der Waals surface area contributed by atoms with Crippen LogP contribution in [0.5, 0.6) is 5.75 Å². The van der Waals surface area contributed by atoms with Gasteiger partial charge in [0.25, 0.3) is 0 Å². The number of methoxy groups -OCH3 is 1. The van der Waals surface area contributed by atoms with E-state index in [2.05, 4.69) is 11.9 Å². The van der Waals surface area contributed by atoms with Crippen LogP contribution in [0.1, 0.15) is 18.4 Å². The third kappa shape index (κ3) is 3.47. The van der Waals surface area contributed by atoms with Gasteiger partial charge < -0.3 is 19.5 Å². The van der Waals surface area contributed by atoms with Crippen molar-refractivity contribution in [2.75, 3.05) is 40.5 Å². The Bertz CT molecular complexity index is 400. The minimum atomic E-state index is -0.768. The van der Waals surface area contributed by atoms with E-state index in [4.69, 9.17) is 9.47 Å². The lowest BCUT2D eigenvalue weighted by molar-refractivity contribution is -0.0226. The molecule has 0 radical (unpaired) electrons. The number of likely N-dealkylation sites (tertiary alicyclic amines) is 1. The van der Waals surface area contributed by atoms with Gasteiger partial charge in [-0.15, -0.1) is 0 Å². The van der Waals surface area contributed by atoms with Crippen molar-refractivity contribution < 1.29 is 14.6 Å². The molecular formula is C15H23NO3. The summed E-state index contributed by atoms with van der Waals surface area (Å²) in [6, 6.07) is 7.77. The number of hydrogen-bond donors (Lipinski definition) is 1. The van der Waals surface area contributed by atoms with Gasteiger partial charge in [-0.2, -0.15) is 0 Å². The molecule has 0 amide bonds. The highest BCUT2D eigenvalue weighted by Crippen LogP contribution is 2.37. The molecule has 1 aromatic carbocycles. The normalized spacial score (nSPS) is 19.3. The molecule has 106 valence electrons. The first-order chi connectivity index (χ1) is 9.15. The van der Waals surface area contributed by atoms with Gasteiger partial charge in [-0.05, 0) is 26.0 Å². The third-order valence-corrected chi connectivity index (χ3v) is 3.75. The number of nitrogens with zero attached hydrogens (tertiary/aromatic N) is 1. The minimum Gasteiger partial charge on any atom is -0.491 e. The molecule has 0 aromatic heterocycles. The van der Waals surface area contributed by atoms with Crippen molar-refractivity contribution in [3.8, 4) is 5.75 Å². The molecule has 4 nitrogen and oxygen atoms in total. The number of ether oxygens (including phenoxy) is 2. The number of benzene rings is 1. The van der Waals surface area contributed by atoms with Gasteiger partial charge in [0.1, 0.15) is 12.4 Å². The largest absolute Gasteiger partial charge is 0.491 e. The predicted molar refractivity (Wildman–Crippen MR) is 74.4 cm³/mol. The lowest BCUT2D eigenvalue weighted by Gasteiger charge is -2.37. The maximum Gasteiger partial charge on any atom is 0.125 e. The van der Waals surface area contributed by atoms with Crippen molar-refractivity contribution in [1.29, 1.82) is 0 Å². The van der Waals surface area contributed by atoms with Crippen molar-refractivity contribution in [3.05, 3.63) is 29.8 Å². The van der Waals surface area contributed by atoms with Crippen LogP contribution in [0.3, 0.4) is 0 Å². The lowest BCUT2D eigenvalue weighted by Crippen LogP contribution is -2.40. The maximum atomic E-state index is 10.9. The second-order valence-electron chi connectivity index (χ2n) is 5.17. The van der Waals surface area contributed by atoms with Crippen molar-refractivity contribution in [1.82, 2.24) is 4.90 Å². The quantitative estimate of drug-likeness (QED) is 0.822. The molecule has 0 saturated carbocycles. The van der Waals surface area contributed by atoms with Crippen LogP contribution in [0.15, 0.2) is 24.3 Å². The summed E-state index contributed by atoms with van der Waals surface area (Å²) < 4.78 is 10.7. The molecule has 2 rings (SSSR count). The second kappa shape index (κ2) is 6.37. The van der Waals surface area contributed by atoms with Crippen LogP contribution >= 0.6 is 0 Å². The van der Waals surface area contributed by atoms with E-state index < -0.39 is 5.60 Å². The van der Waals surface area contributed by atoms with E-state index in [0.717, 1.165) is 37.2 Å². The molecule has 1 aliphatic heterocycles. The van der Waals surface area contributed by atoms with Crippen LogP contribution in [0.4, 0.5) is 0 Å². The van der Waals surface area contributed by atoms with Gasteiger partial charge in [-0.25, -0.2) is 0 Å². The summed E-state index contributed by atoms with van der Waals surface area (Å²) in [5.41, 5.74) is 0.134. The van der Waals surface area contributed by atoms with Gasteiger partial charge in [-0.3, -0.25) is 0 Å². The first-order valence-corrected chi connectivity index (χ1v) is 6.78. The van der Waals surface area contributed by atoms with Crippen LogP contribution < -0.4 is 4.74 Å². The van der Waals surface area contributed by atoms with Crippen molar-refractivity contribution >= 4 is 0 Å². The molecule has 0 unspecified atom stereocenters. The highest BCUT2D eigenvalue weighted by Gasteiger charge is 2.35. The molecule has 1 saturated heterocycles. The number of hydrogen-bond acceptors (Lipinski definition) is 4. The fourth-order valence-electron chi connectivity index (χ4n) is 2.47. The van der Waals surface area contributed by atoms with Gasteiger partial charge in [0.2, 0.25) is 0 Å². The lowest BCUT2D eigenvalue weighted by atomic mass is 9.84. The van der Waals surface area contributed by atoms with Crippen molar-refractivity contribution in [3.63, 3.8) is 0 Å². The van der Waals surface area contributed by atoms with E-state index in [-0.39, 0.29) is 0 Å². The number of aliphatic hydroxyl groups is 1. The van der Waals surface area contributed by atoms with E-state index in [1.807, 2.05) is 24.3 Å². The monoisotopic (exact) mass is 265 g/mol. The standard InChI is InChI=1S/C15H23NO3/c1-16-9-7-15(17,8-10-16)13-5-3-4-6-14(13)19-12-11-18-2/h3-6,17H,7-12H2,1-2H3. The Morgan fingerprint density at radius 2 is 1.89 bits per heavy atom. The van der Waals surface area contributed by atoms with Crippen molar-refractivity contribution in [2.24, 2.45) is 0 Å². The number of rotatable bonds is 5. The molecule has 1 aliphatic rings. The second-order valence-corrected chi connectivity index (χ2v) is 5.17. The average Bonchev–Trinajstić information content (AvgIpc) is 2.43. The highest BCUT2D eigenvalue weighted by molar-refractivity contribution is 5.38. The van der Waals surface area contributed by atoms with Gasteiger partial charge in [-0.1, -0.05) is 18.2 Å². The molecule has 1 aromatic rings. The van der Waals surface area contributed by atoms with E-state index in [0.29, 0.717) is 13.2 Å². The first-order valence-electron chi connectivity index (χ1n) is 6.78. The summed E-state index contributed by atoms with van der Waals surface area (Å²) in [5.74, 6) is 0.770. The molecule has 19 heavy (non-hydrogen) atoms. The summed E-state index contributed by atoms with van der Waals surface area (Å²) >= 11 is 0. The minimum absolute atomic E-state index is 0.503. The van der Waals surface area contributed by atoms with Crippen molar-refractivity contribution in [2.45, 2.75) is 18.4 Å². The predicted octanol–water partition coefficient (Wildman–Crippen LogP) is 1.63. The Labute approximate surface area is 114 Å². The van der Waals surface area contributed by atoms with E-state index >= 15 is 0 Å². The third-order valence-electron chi connectivity index (χ3n) is 3.75. The van der Waals surface area contributed by atoms with Gasteiger partial charge in [0.05, 0.1) is 12.2 Å². The summed E-state index contributed by atoms with van der Waals surface area (Å²) in [6.45, 7) is 2.87. The van der Waals surface area contributed by atoms with Gasteiger partial charge >= 0.3 is 0 Å². The average molecular weight is 265 g/mol. The van der Waals surface area contributed by atoms with Crippen LogP contribution in [0.25, 0.3) is 0 Å². The fraction of sp³-hybridized carbons (Fsp3) is 0.600. The Hall–Kier alpha value is -1.10. The van der Waals surface area contributed by atoms with Crippen LogP contribution in [-0.4, -0.2) is 50.5 Å².